The van der Waals surface area contributed by atoms with E-state index < -0.39 is 0 Å². The number of carbonyl (C=O) groups excluding carboxylic acids is 2. The van der Waals surface area contributed by atoms with Crippen LogP contribution in [0.25, 0.3) is 23.3 Å². The van der Waals surface area contributed by atoms with Gasteiger partial charge in [-0.25, -0.2) is 9.98 Å². The number of para-hydroxylation sites is 2. The number of rotatable bonds is 3. The standard InChI is InChI=1S/C36H20N2O4/c39-21-13-9-19(10-14-21)17-25-33-29(23-5-1-3-7-27(23)37-33)31(35(25)41)32-30-24-6-2-4-8-28(24)38-34(30)26(36(32)42)18-20-11-15-22(40)16-12-20/h1-18,39-40H. The molecule has 0 fully saturated rings. The summed E-state index contributed by atoms with van der Waals surface area (Å²) in [5, 5.41) is 19.5. The zero-order valence-corrected chi connectivity index (χ0v) is 22.0. The monoisotopic (exact) mass is 544 g/mol. The van der Waals surface area contributed by atoms with E-state index in [-0.39, 0.29) is 23.1 Å². The lowest BCUT2D eigenvalue weighted by Crippen LogP contribution is -2.11. The maximum atomic E-state index is 14.4. The first-order valence-electron chi connectivity index (χ1n) is 13.5. The molecule has 0 atom stereocenters. The summed E-state index contributed by atoms with van der Waals surface area (Å²) < 4.78 is 0. The first kappa shape index (κ1) is 24.0. The lowest BCUT2D eigenvalue weighted by atomic mass is 9.91. The highest BCUT2D eigenvalue weighted by atomic mass is 16.3. The second-order valence-electron chi connectivity index (χ2n) is 10.4. The Bertz CT molecular complexity index is 1950. The molecule has 0 saturated carbocycles. The van der Waals surface area contributed by atoms with Crippen molar-refractivity contribution in [3.05, 3.63) is 142 Å². The van der Waals surface area contributed by atoms with Crippen LogP contribution in [-0.2, 0) is 9.59 Å². The molecule has 6 heteroatoms. The van der Waals surface area contributed by atoms with Crippen molar-refractivity contribution in [2.75, 3.05) is 0 Å². The van der Waals surface area contributed by atoms with Crippen molar-refractivity contribution in [1.29, 1.82) is 0 Å². The van der Waals surface area contributed by atoms with Crippen LogP contribution in [0.4, 0.5) is 11.4 Å². The lowest BCUT2D eigenvalue weighted by Gasteiger charge is -2.08. The van der Waals surface area contributed by atoms with Crippen molar-refractivity contribution in [2.45, 2.75) is 0 Å². The normalized spacial score (nSPS) is 18.5. The van der Waals surface area contributed by atoms with Gasteiger partial charge in [-0.2, -0.15) is 0 Å². The molecule has 0 aromatic heterocycles. The molecule has 6 nitrogen and oxygen atoms in total. The second-order valence-corrected chi connectivity index (χ2v) is 10.4. The zero-order valence-electron chi connectivity index (χ0n) is 22.0. The zero-order chi connectivity index (χ0) is 28.5. The van der Waals surface area contributed by atoms with Gasteiger partial charge >= 0.3 is 0 Å². The van der Waals surface area contributed by atoms with E-state index in [9.17, 15) is 19.8 Å². The van der Waals surface area contributed by atoms with E-state index in [0.717, 1.165) is 33.6 Å². The van der Waals surface area contributed by atoms with Gasteiger partial charge in [0.15, 0.2) is 11.6 Å². The molecule has 0 saturated heterocycles. The Kier molecular flexibility index (Phi) is 5.03. The Hall–Kier alpha value is -5.88. The van der Waals surface area contributed by atoms with Gasteiger partial charge in [0.25, 0.3) is 0 Å². The molecule has 198 valence electrons. The molecule has 0 unspecified atom stereocenters. The summed E-state index contributed by atoms with van der Waals surface area (Å²) in [5.74, 6) is -0.306. The molecule has 0 spiro atoms. The highest BCUT2D eigenvalue weighted by molar-refractivity contribution is 6.63. The van der Waals surface area contributed by atoms with Crippen LogP contribution >= 0.6 is 0 Å². The van der Waals surface area contributed by atoms with Gasteiger partial charge in [0.1, 0.15) is 11.5 Å². The molecule has 2 aliphatic heterocycles. The SMILES string of the molecule is O=C1C(=Cc2ccc(O)cc2)C2=Nc3ccccc3C2=C1C1=C2C(=Nc3ccccc32)C(=Cc2ccc(O)cc2)C1=O. The summed E-state index contributed by atoms with van der Waals surface area (Å²) in [6, 6.07) is 28.4. The summed E-state index contributed by atoms with van der Waals surface area (Å²) in [7, 11) is 0. The lowest BCUT2D eigenvalue weighted by molar-refractivity contribution is -0.114. The van der Waals surface area contributed by atoms with Crippen LogP contribution < -0.4 is 0 Å². The average Bonchev–Trinajstić information content (AvgIpc) is 3.70. The minimum absolute atomic E-state index is 0.128. The molecule has 8 rings (SSSR count). The summed E-state index contributed by atoms with van der Waals surface area (Å²) >= 11 is 0. The highest BCUT2D eigenvalue weighted by Gasteiger charge is 2.48. The van der Waals surface area contributed by atoms with Crippen molar-refractivity contribution in [1.82, 2.24) is 0 Å². The molecule has 4 aliphatic rings. The predicted molar refractivity (Wildman–Crippen MR) is 163 cm³/mol. The molecule has 0 radical (unpaired) electrons. The Morgan fingerprint density at radius 2 is 0.857 bits per heavy atom. The number of hydrogen-bond donors (Lipinski definition) is 2. The molecule has 0 amide bonds. The van der Waals surface area contributed by atoms with Crippen LogP contribution in [0, 0.1) is 0 Å². The number of ketones is 2. The number of nitrogens with zero attached hydrogens (tertiary/aromatic N) is 2. The topological polar surface area (TPSA) is 99.3 Å². The summed E-state index contributed by atoms with van der Waals surface area (Å²) in [6.07, 6.45) is 3.52. The molecule has 4 aromatic carbocycles. The molecular weight excluding hydrogens is 524 g/mol. The van der Waals surface area contributed by atoms with Crippen LogP contribution in [-0.4, -0.2) is 33.2 Å². The number of carbonyl (C=O) groups is 2. The minimum atomic E-state index is -0.281. The van der Waals surface area contributed by atoms with Gasteiger partial charge < -0.3 is 10.2 Å². The number of benzene rings is 4. The van der Waals surface area contributed by atoms with Crippen molar-refractivity contribution >= 4 is 57.7 Å². The fraction of sp³-hybridized carbons (Fsp3) is 0. The Morgan fingerprint density at radius 1 is 0.476 bits per heavy atom. The van der Waals surface area contributed by atoms with Gasteiger partial charge in [0.05, 0.1) is 22.8 Å². The molecule has 2 aliphatic carbocycles. The third kappa shape index (κ3) is 3.45. The van der Waals surface area contributed by atoms with E-state index in [1.54, 1.807) is 60.7 Å². The summed E-state index contributed by atoms with van der Waals surface area (Å²) in [6.45, 7) is 0. The Labute approximate surface area is 240 Å². The third-order valence-electron chi connectivity index (χ3n) is 7.90. The Morgan fingerprint density at radius 3 is 1.26 bits per heavy atom. The van der Waals surface area contributed by atoms with Crippen LogP contribution in [0.5, 0.6) is 11.5 Å². The number of Topliss-reactive ketones (excluding diaryl/α,β-unsaturated/α-hetero) is 2. The van der Waals surface area contributed by atoms with E-state index in [4.69, 9.17) is 9.98 Å². The van der Waals surface area contributed by atoms with E-state index in [1.807, 2.05) is 48.5 Å². The molecule has 42 heavy (non-hydrogen) atoms. The smallest absolute Gasteiger partial charge is 0.196 e. The van der Waals surface area contributed by atoms with Crippen molar-refractivity contribution < 1.29 is 19.8 Å². The average molecular weight is 545 g/mol. The van der Waals surface area contributed by atoms with E-state index in [1.165, 1.54) is 0 Å². The molecule has 0 bridgehead atoms. The fourth-order valence-corrected chi connectivity index (χ4v) is 6.00. The Balaban J connectivity index is 1.38. The largest absolute Gasteiger partial charge is 0.508 e. The second kappa shape index (κ2) is 8.81. The molecular formula is C36H20N2O4. The fourth-order valence-electron chi connectivity index (χ4n) is 6.00. The van der Waals surface area contributed by atoms with Gasteiger partial charge in [0.2, 0.25) is 0 Å². The van der Waals surface area contributed by atoms with Crippen molar-refractivity contribution in [2.24, 2.45) is 9.98 Å². The van der Waals surface area contributed by atoms with Gasteiger partial charge in [-0.05, 0) is 59.7 Å². The number of phenols is 2. The van der Waals surface area contributed by atoms with Gasteiger partial charge in [-0.15, -0.1) is 0 Å². The maximum absolute atomic E-state index is 14.4. The molecule has 2 N–H and O–H groups in total. The van der Waals surface area contributed by atoms with Crippen molar-refractivity contribution in [3.8, 4) is 11.5 Å². The molecule has 2 heterocycles. The van der Waals surface area contributed by atoms with E-state index in [0.29, 0.717) is 44.9 Å². The quantitative estimate of drug-likeness (QED) is 0.277. The number of allylic oxidation sites excluding steroid dienone is 6. The first-order valence-corrected chi connectivity index (χ1v) is 13.5. The summed E-state index contributed by atoms with van der Waals surface area (Å²) in [5.41, 5.74) is 8.31. The molecule has 4 aromatic rings. The van der Waals surface area contributed by atoms with Crippen molar-refractivity contribution in [3.63, 3.8) is 0 Å². The van der Waals surface area contributed by atoms with Crippen LogP contribution in [0.1, 0.15) is 22.3 Å². The van der Waals surface area contributed by atoms with Crippen LogP contribution in [0.15, 0.2) is 129 Å². The van der Waals surface area contributed by atoms with Gasteiger partial charge in [-0.1, -0.05) is 60.7 Å². The number of aliphatic imine (C=N–C) groups is 2. The van der Waals surface area contributed by atoms with E-state index in [2.05, 4.69) is 0 Å². The van der Waals surface area contributed by atoms with Gasteiger partial charge in [-0.3, -0.25) is 9.59 Å². The third-order valence-corrected chi connectivity index (χ3v) is 7.90. The number of hydrogen-bond acceptors (Lipinski definition) is 6. The predicted octanol–water partition coefficient (Wildman–Crippen LogP) is 6.81. The van der Waals surface area contributed by atoms with Crippen LogP contribution in [0.2, 0.25) is 0 Å². The summed E-state index contributed by atoms with van der Waals surface area (Å²) in [4.78, 5) is 38.5. The number of aromatic hydroxyl groups is 2. The first-order chi connectivity index (χ1) is 20.5. The van der Waals surface area contributed by atoms with Gasteiger partial charge in [0, 0.05) is 44.6 Å². The van der Waals surface area contributed by atoms with Crippen LogP contribution in [0.3, 0.4) is 0 Å². The maximum Gasteiger partial charge on any atom is 0.196 e. The number of fused-ring (bicyclic) bond motifs is 6. The van der Waals surface area contributed by atoms with E-state index >= 15 is 0 Å². The number of phenolic OH excluding ortho intramolecular Hbond substituents is 2. The minimum Gasteiger partial charge on any atom is -0.508 e. The highest BCUT2D eigenvalue weighted by Crippen LogP contribution is 2.52.